The van der Waals surface area contributed by atoms with E-state index in [0.717, 1.165) is 10.3 Å². The highest BCUT2D eigenvalue weighted by Crippen LogP contribution is 2.21. The zero-order valence-electron chi connectivity index (χ0n) is 15.3. The van der Waals surface area contributed by atoms with E-state index in [1.54, 1.807) is 0 Å². The van der Waals surface area contributed by atoms with E-state index in [1.807, 2.05) is 6.07 Å². The summed E-state index contributed by atoms with van der Waals surface area (Å²) < 4.78 is 0.721. The Balaban J connectivity index is 2.01. The predicted octanol–water partition coefficient (Wildman–Crippen LogP) is 2.74. The first-order valence-electron chi connectivity index (χ1n) is 8.69. The third-order valence-corrected chi connectivity index (χ3v) is 8.38. The molecular formula is C19H27NO4Si. The average molecular weight is 362 g/mol. The molecule has 136 valence electrons. The summed E-state index contributed by atoms with van der Waals surface area (Å²) in [5, 5.41) is 20.4. The maximum absolute atomic E-state index is 12.0. The molecule has 6 heteroatoms. The van der Waals surface area contributed by atoms with E-state index >= 15 is 0 Å². The van der Waals surface area contributed by atoms with Gasteiger partial charge in [0.15, 0.2) is 0 Å². The zero-order valence-corrected chi connectivity index (χ0v) is 16.4. The van der Waals surface area contributed by atoms with Crippen LogP contribution in [-0.2, 0) is 11.2 Å². The Morgan fingerprint density at radius 1 is 1.08 bits per heavy atom. The van der Waals surface area contributed by atoms with Gasteiger partial charge >= 0.3 is 5.97 Å². The lowest BCUT2D eigenvalue weighted by Gasteiger charge is -2.24. The smallest absolute Gasteiger partial charge is 0.333 e. The summed E-state index contributed by atoms with van der Waals surface area (Å²) in [5.74, 6) is -1.13. The molecule has 0 atom stereocenters. The van der Waals surface area contributed by atoms with Gasteiger partial charge in [0.2, 0.25) is 11.8 Å². The standard InChI is InChI=1S/C19H27NO4Si/c1-13(2)25(14(3)4)16-7-5-6-15(12-16)8-11-19(23)24-20-17(21)9-10-18(20)22/h5-7,9-10,12-14,21-22,25H,8,11H2,1-4H3. The van der Waals surface area contributed by atoms with Gasteiger partial charge in [-0.15, -0.1) is 4.73 Å². The van der Waals surface area contributed by atoms with Crippen LogP contribution >= 0.6 is 0 Å². The molecule has 0 unspecified atom stereocenters. The molecule has 0 fully saturated rings. The molecule has 5 nitrogen and oxygen atoms in total. The first-order chi connectivity index (χ1) is 11.8. The lowest BCUT2D eigenvalue weighted by molar-refractivity contribution is -0.145. The van der Waals surface area contributed by atoms with Gasteiger partial charge in [-0.2, -0.15) is 0 Å². The van der Waals surface area contributed by atoms with Crippen LogP contribution in [0.1, 0.15) is 39.7 Å². The number of aromatic nitrogens is 1. The van der Waals surface area contributed by atoms with Gasteiger partial charge in [-0.05, 0) is 23.1 Å². The van der Waals surface area contributed by atoms with E-state index in [9.17, 15) is 15.0 Å². The fourth-order valence-electron chi connectivity index (χ4n) is 3.38. The number of carbonyl (C=O) groups is 1. The molecular weight excluding hydrogens is 334 g/mol. The molecule has 0 saturated heterocycles. The highest BCUT2D eigenvalue weighted by Gasteiger charge is 2.21. The minimum absolute atomic E-state index is 0.177. The molecule has 0 bridgehead atoms. The molecule has 25 heavy (non-hydrogen) atoms. The van der Waals surface area contributed by atoms with Crippen molar-refractivity contribution >= 4 is 20.0 Å². The van der Waals surface area contributed by atoms with Crippen LogP contribution in [0.3, 0.4) is 0 Å². The fraction of sp³-hybridized carbons (Fsp3) is 0.421. The summed E-state index contributed by atoms with van der Waals surface area (Å²) in [4.78, 5) is 16.9. The number of hydrogen-bond acceptors (Lipinski definition) is 4. The first-order valence-corrected chi connectivity index (χ1v) is 10.6. The van der Waals surface area contributed by atoms with Crippen LogP contribution < -0.4 is 10.0 Å². The maximum Gasteiger partial charge on any atom is 0.333 e. The van der Waals surface area contributed by atoms with Crippen molar-refractivity contribution in [1.29, 1.82) is 0 Å². The highest BCUT2D eigenvalue weighted by atomic mass is 28.3. The van der Waals surface area contributed by atoms with Gasteiger partial charge in [-0.3, -0.25) is 0 Å². The van der Waals surface area contributed by atoms with E-state index in [2.05, 4.69) is 45.9 Å². The zero-order chi connectivity index (χ0) is 18.6. The Hall–Kier alpha value is -2.21. The van der Waals surface area contributed by atoms with Crippen molar-refractivity contribution in [1.82, 2.24) is 4.73 Å². The van der Waals surface area contributed by atoms with Gasteiger partial charge in [0.05, 0.1) is 15.2 Å². The molecule has 0 saturated carbocycles. The van der Waals surface area contributed by atoms with Crippen molar-refractivity contribution in [2.24, 2.45) is 0 Å². The second-order valence-electron chi connectivity index (χ2n) is 7.07. The van der Waals surface area contributed by atoms with Gasteiger partial charge in [0, 0.05) is 12.1 Å². The van der Waals surface area contributed by atoms with Crippen molar-refractivity contribution in [3.8, 4) is 11.8 Å². The number of carbonyl (C=O) groups excluding carboxylic acids is 1. The molecule has 2 rings (SSSR count). The normalized spacial score (nSPS) is 11.5. The fourth-order valence-corrected chi connectivity index (χ4v) is 7.20. The van der Waals surface area contributed by atoms with Crippen molar-refractivity contribution in [3.05, 3.63) is 42.0 Å². The van der Waals surface area contributed by atoms with Gasteiger partial charge in [0.25, 0.3) is 0 Å². The molecule has 0 aliphatic rings. The number of benzene rings is 1. The Bertz CT molecular complexity index is 696. The van der Waals surface area contributed by atoms with Crippen LogP contribution in [0.4, 0.5) is 0 Å². The number of aromatic hydroxyl groups is 2. The van der Waals surface area contributed by atoms with Gasteiger partial charge in [0.1, 0.15) is 0 Å². The Kier molecular flexibility index (Phi) is 6.31. The van der Waals surface area contributed by atoms with Gasteiger partial charge in [-0.25, -0.2) is 4.79 Å². The van der Waals surface area contributed by atoms with E-state index in [1.165, 1.54) is 17.3 Å². The third kappa shape index (κ3) is 4.89. The number of nitrogens with zero attached hydrogens (tertiary/aromatic N) is 1. The molecule has 1 aromatic heterocycles. The van der Waals surface area contributed by atoms with Crippen LogP contribution in [0.25, 0.3) is 0 Å². The van der Waals surface area contributed by atoms with Crippen LogP contribution in [0, 0.1) is 0 Å². The molecule has 1 heterocycles. The second-order valence-corrected chi connectivity index (χ2v) is 11.5. The SMILES string of the molecule is CC(C)[SiH](c1cccc(CCC(=O)On2c(O)ccc2O)c1)C(C)C. The first kappa shape index (κ1) is 19.1. The highest BCUT2D eigenvalue weighted by molar-refractivity contribution is 6.75. The van der Waals surface area contributed by atoms with E-state index in [0.29, 0.717) is 17.5 Å². The monoisotopic (exact) mass is 361 g/mol. The van der Waals surface area contributed by atoms with Crippen LogP contribution in [-0.4, -0.2) is 29.7 Å². The summed E-state index contributed by atoms with van der Waals surface area (Å²) in [5.41, 5.74) is 2.47. The summed E-state index contributed by atoms with van der Waals surface area (Å²) in [6.07, 6.45) is 0.739. The van der Waals surface area contributed by atoms with Crippen molar-refractivity contribution < 1.29 is 19.8 Å². The van der Waals surface area contributed by atoms with Crippen molar-refractivity contribution in [2.75, 3.05) is 0 Å². The van der Waals surface area contributed by atoms with Gasteiger partial charge < -0.3 is 15.1 Å². The third-order valence-electron chi connectivity index (χ3n) is 4.38. The molecule has 2 aromatic rings. The Morgan fingerprint density at radius 2 is 1.68 bits per heavy atom. The number of rotatable bonds is 7. The summed E-state index contributed by atoms with van der Waals surface area (Å²) in [6.45, 7) is 9.15. The lowest BCUT2D eigenvalue weighted by atomic mass is 10.1. The molecule has 0 aliphatic carbocycles. The summed E-state index contributed by atoms with van der Waals surface area (Å²) in [6, 6.07) is 11.0. The molecule has 0 radical (unpaired) electrons. The number of aryl methyl sites for hydroxylation is 1. The van der Waals surface area contributed by atoms with Crippen molar-refractivity contribution in [2.45, 2.75) is 51.6 Å². The quantitative estimate of drug-likeness (QED) is 0.744. The minimum atomic E-state index is -1.06. The van der Waals surface area contributed by atoms with Crippen molar-refractivity contribution in [3.63, 3.8) is 0 Å². The maximum atomic E-state index is 12.0. The van der Waals surface area contributed by atoms with E-state index in [-0.39, 0.29) is 18.2 Å². The van der Waals surface area contributed by atoms with Crippen LogP contribution in [0.2, 0.25) is 11.1 Å². The average Bonchev–Trinajstić information content (AvgIpc) is 2.84. The summed E-state index contributed by atoms with van der Waals surface area (Å²) in [7, 11) is -1.06. The predicted molar refractivity (Wildman–Crippen MR) is 101 cm³/mol. The molecule has 0 aliphatic heterocycles. The van der Waals surface area contributed by atoms with E-state index < -0.39 is 14.8 Å². The van der Waals surface area contributed by atoms with E-state index in [4.69, 9.17) is 4.84 Å². The Morgan fingerprint density at radius 3 is 2.24 bits per heavy atom. The largest absolute Gasteiger partial charge is 0.492 e. The molecule has 0 spiro atoms. The molecule has 1 aromatic carbocycles. The topological polar surface area (TPSA) is 71.7 Å². The van der Waals surface area contributed by atoms with Gasteiger partial charge in [-0.1, -0.05) is 57.1 Å². The summed E-state index contributed by atoms with van der Waals surface area (Å²) >= 11 is 0. The minimum Gasteiger partial charge on any atom is -0.492 e. The number of hydrogen-bond donors (Lipinski definition) is 2. The molecule has 2 N–H and O–H groups in total. The van der Waals surface area contributed by atoms with Crippen LogP contribution in [0.15, 0.2) is 36.4 Å². The van der Waals surface area contributed by atoms with Crippen LogP contribution in [0.5, 0.6) is 11.8 Å². The molecule has 0 amide bonds. The Labute approximate surface area is 150 Å². The lowest BCUT2D eigenvalue weighted by Crippen LogP contribution is -2.36. The second kappa shape index (κ2) is 8.25.